The molecule has 19 heavy (non-hydrogen) atoms. The Bertz CT molecular complexity index is 444. The van der Waals surface area contributed by atoms with E-state index >= 15 is 0 Å². The standard InChI is InChI=1S/C17H24N2/c1-14(15-7-5-4-6-8-15)19-12-10-17(2,3)16(13-19)9-11-18/h4-8,14,16H,9-10,12-13H2,1-3H3. The van der Waals surface area contributed by atoms with Gasteiger partial charge in [-0.15, -0.1) is 0 Å². The van der Waals surface area contributed by atoms with Crippen LogP contribution in [0.5, 0.6) is 0 Å². The van der Waals surface area contributed by atoms with E-state index in [2.05, 4.69) is 62.1 Å². The van der Waals surface area contributed by atoms with Crippen LogP contribution in [-0.2, 0) is 0 Å². The number of nitrogens with zero attached hydrogens (tertiary/aromatic N) is 2. The maximum Gasteiger partial charge on any atom is 0.0625 e. The van der Waals surface area contributed by atoms with Crippen molar-refractivity contribution in [3.8, 4) is 6.07 Å². The zero-order valence-corrected chi connectivity index (χ0v) is 12.3. The third-order valence-corrected chi connectivity index (χ3v) is 4.77. The van der Waals surface area contributed by atoms with E-state index in [4.69, 9.17) is 5.26 Å². The van der Waals surface area contributed by atoms with Gasteiger partial charge >= 0.3 is 0 Å². The first kappa shape index (κ1) is 14.1. The lowest BCUT2D eigenvalue weighted by Crippen LogP contribution is -2.45. The van der Waals surface area contributed by atoms with Crippen molar-refractivity contribution >= 4 is 0 Å². The van der Waals surface area contributed by atoms with Crippen LogP contribution in [0.3, 0.4) is 0 Å². The third kappa shape index (κ3) is 3.16. The molecule has 1 aliphatic rings. The molecule has 2 atom stereocenters. The van der Waals surface area contributed by atoms with Gasteiger partial charge in [0.05, 0.1) is 6.07 Å². The number of hydrogen-bond donors (Lipinski definition) is 0. The normalized spacial score (nSPS) is 24.6. The molecule has 0 radical (unpaired) electrons. The number of nitriles is 1. The summed E-state index contributed by atoms with van der Waals surface area (Å²) >= 11 is 0. The fraction of sp³-hybridized carbons (Fsp3) is 0.588. The second-order valence-corrected chi connectivity index (χ2v) is 6.38. The van der Waals surface area contributed by atoms with Gasteiger partial charge in [0.1, 0.15) is 0 Å². The Kier molecular flexibility index (Phi) is 4.27. The van der Waals surface area contributed by atoms with Crippen molar-refractivity contribution in [2.24, 2.45) is 11.3 Å². The van der Waals surface area contributed by atoms with Gasteiger partial charge in [-0.25, -0.2) is 0 Å². The Labute approximate surface area is 117 Å². The predicted molar refractivity (Wildman–Crippen MR) is 78.5 cm³/mol. The smallest absolute Gasteiger partial charge is 0.0625 e. The van der Waals surface area contributed by atoms with Crippen LogP contribution in [0, 0.1) is 22.7 Å². The average Bonchev–Trinajstić information content (AvgIpc) is 2.41. The number of rotatable bonds is 3. The first-order chi connectivity index (χ1) is 9.04. The van der Waals surface area contributed by atoms with Crippen molar-refractivity contribution in [2.45, 2.75) is 39.7 Å². The Morgan fingerprint density at radius 1 is 1.37 bits per heavy atom. The van der Waals surface area contributed by atoms with Crippen LogP contribution in [0.15, 0.2) is 30.3 Å². The molecule has 0 N–H and O–H groups in total. The molecule has 2 nitrogen and oxygen atoms in total. The first-order valence-corrected chi connectivity index (χ1v) is 7.20. The van der Waals surface area contributed by atoms with Gasteiger partial charge in [0.15, 0.2) is 0 Å². The van der Waals surface area contributed by atoms with E-state index in [0.29, 0.717) is 23.8 Å². The van der Waals surface area contributed by atoms with Gasteiger partial charge in [0.2, 0.25) is 0 Å². The molecule has 1 aromatic carbocycles. The summed E-state index contributed by atoms with van der Waals surface area (Å²) in [4.78, 5) is 2.53. The number of piperidine rings is 1. The van der Waals surface area contributed by atoms with Crippen LogP contribution in [0.1, 0.15) is 45.2 Å². The minimum atomic E-state index is 0.294. The molecule has 2 unspecified atom stereocenters. The predicted octanol–water partition coefficient (Wildman–Crippen LogP) is 4.01. The SMILES string of the molecule is CC(c1ccccc1)N1CCC(C)(C)C(CC#N)C1. The van der Waals surface area contributed by atoms with Crippen LogP contribution in [0.4, 0.5) is 0 Å². The van der Waals surface area contributed by atoms with Crippen molar-refractivity contribution in [3.63, 3.8) is 0 Å². The number of hydrogen-bond acceptors (Lipinski definition) is 2. The second-order valence-electron chi connectivity index (χ2n) is 6.38. The molecule has 2 heteroatoms. The quantitative estimate of drug-likeness (QED) is 0.817. The number of likely N-dealkylation sites (tertiary alicyclic amines) is 1. The van der Waals surface area contributed by atoms with E-state index in [0.717, 1.165) is 13.1 Å². The van der Waals surface area contributed by atoms with Gasteiger partial charge in [0, 0.05) is 19.0 Å². The molecule has 0 saturated carbocycles. The monoisotopic (exact) mass is 256 g/mol. The second kappa shape index (κ2) is 5.75. The van der Waals surface area contributed by atoms with Crippen LogP contribution in [-0.4, -0.2) is 18.0 Å². The van der Waals surface area contributed by atoms with Gasteiger partial charge in [-0.2, -0.15) is 5.26 Å². The molecule has 0 aromatic heterocycles. The molecular weight excluding hydrogens is 232 g/mol. The fourth-order valence-corrected chi connectivity index (χ4v) is 3.00. The highest BCUT2D eigenvalue weighted by molar-refractivity contribution is 5.18. The van der Waals surface area contributed by atoms with E-state index in [1.54, 1.807) is 0 Å². The summed E-state index contributed by atoms with van der Waals surface area (Å²) in [5.74, 6) is 0.484. The van der Waals surface area contributed by atoms with Crippen molar-refractivity contribution in [2.75, 3.05) is 13.1 Å². The summed E-state index contributed by atoms with van der Waals surface area (Å²) in [6.45, 7) is 9.05. The third-order valence-electron chi connectivity index (χ3n) is 4.77. The van der Waals surface area contributed by atoms with Gasteiger partial charge in [-0.05, 0) is 36.8 Å². The van der Waals surface area contributed by atoms with E-state index in [9.17, 15) is 0 Å². The molecular formula is C17H24N2. The molecule has 0 amide bonds. The highest BCUT2D eigenvalue weighted by atomic mass is 15.2. The topological polar surface area (TPSA) is 27.0 Å². The molecule has 0 spiro atoms. The van der Waals surface area contributed by atoms with E-state index in [-0.39, 0.29) is 0 Å². The van der Waals surface area contributed by atoms with Crippen molar-refractivity contribution in [1.82, 2.24) is 4.90 Å². The summed E-state index contributed by atoms with van der Waals surface area (Å²) in [6.07, 6.45) is 1.85. The number of benzene rings is 1. The van der Waals surface area contributed by atoms with E-state index in [1.165, 1.54) is 12.0 Å². The highest BCUT2D eigenvalue weighted by Crippen LogP contribution is 2.39. The molecule has 102 valence electrons. The molecule has 0 aliphatic carbocycles. The molecule has 1 heterocycles. The molecule has 1 aromatic rings. The van der Waals surface area contributed by atoms with Crippen molar-refractivity contribution < 1.29 is 0 Å². The van der Waals surface area contributed by atoms with Crippen LogP contribution in [0.25, 0.3) is 0 Å². The molecule has 2 rings (SSSR count). The summed E-state index contributed by atoms with van der Waals surface area (Å²) in [5, 5.41) is 9.02. The van der Waals surface area contributed by atoms with Crippen molar-refractivity contribution in [1.29, 1.82) is 5.26 Å². The minimum absolute atomic E-state index is 0.294. The Morgan fingerprint density at radius 2 is 2.05 bits per heavy atom. The van der Waals surface area contributed by atoms with Crippen molar-refractivity contribution in [3.05, 3.63) is 35.9 Å². The molecule has 1 saturated heterocycles. The van der Waals surface area contributed by atoms with Crippen LogP contribution < -0.4 is 0 Å². The van der Waals surface area contributed by atoms with Crippen LogP contribution in [0.2, 0.25) is 0 Å². The Balaban J connectivity index is 2.09. The maximum absolute atomic E-state index is 9.02. The summed E-state index contributed by atoms with van der Waals surface area (Å²) in [7, 11) is 0. The zero-order chi connectivity index (χ0) is 13.9. The van der Waals surface area contributed by atoms with Crippen LogP contribution >= 0.6 is 0 Å². The van der Waals surface area contributed by atoms with E-state index in [1.807, 2.05) is 0 Å². The summed E-state index contributed by atoms with van der Waals surface area (Å²) in [6, 6.07) is 13.5. The summed E-state index contributed by atoms with van der Waals surface area (Å²) in [5.41, 5.74) is 1.67. The molecule has 0 bridgehead atoms. The van der Waals surface area contributed by atoms with Gasteiger partial charge in [0.25, 0.3) is 0 Å². The zero-order valence-electron chi connectivity index (χ0n) is 12.3. The lowest BCUT2D eigenvalue weighted by atomic mass is 9.71. The largest absolute Gasteiger partial charge is 0.296 e. The molecule has 1 fully saturated rings. The lowest BCUT2D eigenvalue weighted by Gasteiger charge is -2.45. The van der Waals surface area contributed by atoms with Gasteiger partial charge < -0.3 is 0 Å². The summed E-state index contributed by atoms with van der Waals surface area (Å²) < 4.78 is 0. The van der Waals surface area contributed by atoms with E-state index < -0.39 is 0 Å². The average molecular weight is 256 g/mol. The highest BCUT2D eigenvalue weighted by Gasteiger charge is 2.36. The lowest BCUT2D eigenvalue weighted by molar-refractivity contribution is 0.0400. The minimum Gasteiger partial charge on any atom is -0.296 e. The maximum atomic E-state index is 9.02. The van der Waals surface area contributed by atoms with Gasteiger partial charge in [-0.3, -0.25) is 4.90 Å². The first-order valence-electron chi connectivity index (χ1n) is 7.20. The molecule has 1 aliphatic heterocycles. The fourth-order valence-electron chi connectivity index (χ4n) is 3.00. The van der Waals surface area contributed by atoms with Gasteiger partial charge in [-0.1, -0.05) is 44.2 Å². The Morgan fingerprint density at radius 3 is 2.68 bits per heavy atom. The Hall–Kier alpha value is -1.33.